The maximum Gasteiger partial charge on any atom is 0.249 e. The minimum absolute atomic E-state index is 0.0647. The third-order valence-electron chi connectivity index (χ3n) is 4.88. The predicted molar refractivity (Wildman–Crippen MR) is 98.8 cm³/mol. The minimum Gasteiger partial charge on any atom is -0.497 e. The van der Waals surface area contributed by atoms with Crippen LogP contribution in [0, 0.1) is 0 Å². The largest absolute Gasteiger partial charge is 0.497 e. The highest BCUT2D eigenvalue weighted by Crippen LogP contribution is 2.36. The number of carbonyl (C=O) groups excluding carboxylic acids is 1. The van der Waals surface area contributed by atoms with Crippen LogP contribution in [0.2, 0.25) is 0 Å². The summed E-state index contributed by atoms with van der Waals surface area (Å²) in [5.74, 6) is 0.921. The van der Waals surface area contributed by atoms with Crippen molar-refractivity contribution < 1.29 is 14.3 Å². The molecule has 0 saturated carbocycles. The van der Waals surface area contributed by atoms with Crippen molar-refractivity contribution in [2.45, 2.75) is 26.3 Å². The first-order valence-electron chi connectivity index (χ1n) is 8.79. The van der Waals surface area contributed by atoms with E-state index in [-0.39, 0.29) is 18.6 Å². The summed E-state index contributed by atoms with van der Waals surface area (Å²) in [5.41, 5.74) is 4.98. The van der Waals surface area contributed by atoms with E-state index in [1.807, 2.05) is 24.0 Å². The fourth-order valence-electron chi connectivity index (χ4n) is 3.52. The van der Waals surface area contributed by atoms with E-state index in [0.29, 0.717) is 6.61 Å². The Morgan fingerprint density at radius 2 is 1.96 bits per heavy atom. The van der Waals surface area contributed by atoms with Gasteiger partial charge in [0.25, 0.3) is 0 Å². The zero-order chi connectivity index (χ0) is 17.8. The Morgan fingerprint density at radius 1 is 1.20 bits per heavy atom. The predicted octanol–water partition coefficient (Wildman–Crippen LogP) is 3.84. The number of hydrogen-bond donors (Lipinski definition) is 0. The smallest absolute Gasteiger partial charge is 0.249 e. The molecule has 1 aliphatic heterocycles. The van der Waals surface area contributed by atoms with E-state index in [9.17, 15) is 4.79 Å². The summed E-state index contributed by atoms with van der Waals surface area (Å²) in [4.78, 5) is 14.3. The number of amides is 1. The van der Waals surface area contributed by atoms with Crippen molar-refractivity contribution in [2.75, 3.05) is 26.9 Å². The highest BCUT2D eigenvalue weighted by molar-refractivity contribution is 5.79. The van der Waals surface area contributed by atoms with E-state index in [1.54, 1.807) is 7.11 Å². The minimum atomic E-state index is 0.0647. The molecule has 4 heteroatoms. The lowest BCUT2D eigenvalue weighted by Gasteiger charge is -2.36. The third-order valence-corrected chi connectivity index (χ3v) is 4.88. The monoisotopic (exact) mass is 339 g/mol. The van der Waals surface area contributed by atoms with Crippen molar-refractivity contribution in [3.63, 3.8) is 0 Å². The van der Waals surface area contributed by atoms with Gasteiger partial charge in [0.15, 0.2) is 0 Å². The van der Waals surface area contributed by atoms with Gasteiger partial charge >= 0.3 is 0 Å². The Hall–Kier alpha value is -2.33. The number of fused-ring (bicyclic) bond motifs is 1. The first kappa shape index (κ1) is 17.5. The van der Waals surface area contributed by atoms with E-state index >= 15 is 0 Å². The molecule has 1 aliphatic rings. The quantitative estimate of drug-likeness (QED) is 0.831. The molecule has 0 fully saturated rings. The van der Waals surface area contributed by atoms with Gasteiger partial charge in [-0.2, -0.15) is 0 Å². The second-order valence-electron chi connectivity index (χ2n) is 6.25. The molecule has 132 valence electrons. The van der Waals surface area contributed by atoms with Crippen LogP contribution in [0.15, 0.2) is 42.5 Å². The van der Waals surface area contributed by atoms with E-state index in [4.69, 9.17) is 9.47 Å². The van der Waals surface area contributed by atoms with E-state index < -0.39 is 0 Å². The summed E-state index contributed by atoms with van der Waals surface area (Å²) in [6, 6.07) is 14.6. The maximum absolute atomic E-state index is 12.4. The topological polar surface area (TPSA) is 38.8 Å². The molecular formula is C21H25NO3. The summed E-state index contributed by atoms with van der Waals surface area (Å²) >= 11 is 0. The Kier molecular flexibility index (Phi) is 5.39. The molecule has 2 aromatic rings. The normalized spacial score (nSPS) is 16.4. The van der Waals surface area contributed by atoms with Crippen LogP contribution in [0.1, 0.15) is 31.0 Å². The van der Waals surface area contributed by atoms with Crippen molar-refractivity contribution in [3.05, 3.63) is 53.6 Å². The Labute approximate surface area is 149 Å². The zero-order valence-corrected chi connectivity index (χ0v) is 15.1. The van der Waals surface area contributed by atoms with Crippen molar-refractivity contribution in [2.24, 2.45) is 0 Å². The number of nitrogens with zero attached hydrogens (tertiary/aromatic N) is 1. The molecule has 25 heavy (non-hydrogen) atoms. The number of benzene rings is 2. The second-order valence-corrected chi connectivity index (χ2v) is 6.25. The molecule has 1 heterocycles. The van der Waals surface area contributed by atoms with Gasteiger partial charge in [-0.15, -0.1) is 0 Å². The Balaban J connectivity index is 1.89. The van der Waals surface area contributed by atoms with Crippen LogP contribution in [0.5, 0.6) is 5.75 Å². The fraction of sp³-hybridized carbons (Fsp3) is 0.381. The lowest BCUT2D eigenvalue weighted by atomic mass is 9.87. The molecule has 0 unspecified atom stereocenters. The standard InChI is InChI=1S/C21H25NO3/c1-4-25-14-21(23)22-13-12-20-18(15(22)2)6-5-7-19(20)16-8-10-17(24-3)11-9-16/h5-11,15H,4,12-14H2,1-3H3/t15-/m1/s1. The molecule has 1 atom stereocenters. The van der Waals surface area contributed by atoms with Gasteiger partial charge in [-0.3, -0.25) is 4.79 Å². The van der Waals surface area contributed by atoms with Gasteiger partial charge in [-0.1, -0.05) is 30.3 Å². The summed E-state index contributed by atoms with van der Waals surface area (Å²) < 4.78 is 10.5. The molecular weight excluding hydrogens is 314 g/mol. The third kappa shape index (κ3) is 3.54. The van der Waals surface area contributed by atoms with Crippen molar-refractivity contribution in [1.82, 2.24) is 4.90 Å². The van der Waals surface area contributed by atoms with Gasteiger partial charge < -0.3 is 14.4 Å². The first-order chi connectivity index (χ1) is 12.2. The van der Waals surface area contributed by atoms with E-state index in [0.717, 1.165) is 18.7 Å². The Morgan fingerprint density at radius 3 is 2.64 bits per heavy atom. The van der Waals surface area contributed by atoms with Gasteiger partial charge in [0.1, 0.15) is 12.4 Å². The number of hydrogen-bond acceptors (Lipinski definition) is 3. The molecule has 1 amide bonds. The first-order valence-corrected chi connectivity index (χ1v) is 8.79. The summed E-state index contributed by atoms with van der Waals surface area (Å²) in [5, 5.41) is 0. The number of ether oxygens (including phenoxy) is 2. The van der Waals surface area contributed by atoms with Crippen LogP contribution >= 0.6 is 0 Å². The average Bonchev–Trinajstić information content (AvgIpc) is 2.66. The van der Waals surface area contributed by atoms with Crippen LogP contribution in [0.25, 0.3) is 11.1 Å². The van der Waals surface area contributed by atoms with Crippen molar-refractivity contribution in [3.8, 4) is 16.9 Å². The van der Waals surface area contributed by atoms with Gasteiger partial charge in [0.2, 0.25) is 5.91 Å². The molecule has 2 aromatic carbocycles. The van der Waals surface area contributed by atoms with Gasteiger partial charge in [-0.25, -0.2) is 0 Å². The van der Waals surface area contributed by atoms with E-state index in [1.165, 1.54) is 22.3 Å². The SMILES string of the molecule is CCOCC(=O)N1CCc2c(-c3ccc(OC)cc3)cccc2[C@H]1C. The molecule has 0 N–H and O–H groups in total. The van der Waals surface area contributed by atoms with Gasteiger partial charge in [0, 0.05) is 13.2 Å². The number of carbonyl (C=O) groups is 1. The van der Waals surface area contributed by atoms with Crippen LogP contribution in [0.4, 0.5) is 0 Å². The zero-order valence-electron chi connectivity index (χ0n) is 15.1. The highest BCUT2D eigenvalue weighted by atomic mass is 16.5. The molecule has 0 spiro atoms. The van der Waals surface area contributed by atoms with Gasteiger partial charge in [0.05, 0.1) is 13.2 Å². The molecule has 0 radical (unpaired) electrons. The van der Waals surface area contributed by atoms with Crippen LogP contribution in [-0.4, -0.2) is 37.7 Å². The van der Waals surface area contributed by atoms with Crippen LogP contribution in [-0.2, 0) is 16.0 Å². The molecule has 0 aromatic heterocycles. The second kappa shape index (κ2) is 7.70. The lowest BCUT2D eigenvalue weighted by Crippen LogP contribution is -2.41. The van der Waals surface area contributed by atoms with Crippen molar-refractivity contribution >= 4 is 5.91 Å². The summed E-state index contributed by atoms with van der Waals surface area (Å²) in [6.45, 7) is 5.46. The molecule has 0 bridgehead atoms. The average molecular weight is 339 g/mol. The van der Waals surface area contributed by atoms with E-state index in [2.05, 4.69) is 37.3 Å². The Bertz CT molecular complexity index is 739. The molecule has 0 saturated heterocycles. The van der Waals surface area contributed by atoms with Crippen LogP contribution < -0.4 is 4.74 Å². The maximum atomic E-state index is 12.4. The van der Waals surface area contributed by atoms with Crippen molar-refractivity contribution in [1.29, 1.82) is 0 Å². The summed E-state index contributed by atoms with van der Waals surface area (Å²) in [6.07, 6.45) is 0.861. The van der Waals surface area contributed by atoms with Gasteiger partial charge in [-0.05, 0) is 54.7 Å². The number of rotatable bonds is 5. The molecule has 4 nitrogen and oxygen atoms in total. The molecule has 0 aliphatic carbocycles. The highest BCUT2D eigenvalue weighted by Gasteiger charge is 2.28. The fourth-order valence-corrected chi connectivity index (χ4v) is 3.52. The summed E-state index contributed by atoms with van der Waals surface area (Å²) in [7, 11) is 1.68. The number of methoxy groups -OCH3 is 1. The lowest BCUT2D eigenvalue weighted by molar-refractivity contribution is -0.138. The molecule has 3 rings (SSSR count). The van der Waals surface area contributed by atoms with Crippen LogP contribution in [0.3, 0.4) is 0 Å².